The van der Waals surface area contributed by atoms with Crippen molar-refractivity contribution in [2.75, 3.05) is 0 Å². The topological polar surface area (TPSA) is 74.6 Å². The molecule has 212 valence electrons. The Balaban J connectivity index is 0.000000747. The number of rotatable bonds is 1. The Morgan fingerprint density at radius 1 is 0.919 bits per heavy atom. The van der Waals surface area contributed by atoms with Crippen LogP contribution >= 0.6 is 21.4 Å². The molecule has 0 aromatic heterocycles. The number of allylic oxidation sites excluding steroid dienone is 2. The van der Waals surface area contributed by atoms with Crippen LogP contribution in [0.25, 0.3) is 0 Å². The zero-order valence-corrected chi connectivity index (χ0v) is 26.2. The summed E-state index contributed by atoms with van der Waals surface area (Å²) in [5.41, 5.74) is 1.94. The average molecular weight is 576 g/mol. The van der Waals surface area contributed by atoms with E-state index in [2.05, 4.69) is 69.0 Å². The number of aliphatic hydroxyl groups excluding tert-OH is 1. The molecule has 0 aliphatic heterocycles. The van der Waals surface area contributed by atoms with Crippen LogP contribution in [-0.4, -0.2) is 26.5 Å². The Hall–Kier alpha value is -0.100. The smallest absolute Gasteiger partial charge is 0.309 e. The van der Waals surface area contributed by atoms with E-state index in [0.717, 1.165) is 38.5 Å². The number of aliphatic carboxylic acids is 1. The van der Waals surface area contributed by atoms with Gasteiger partial charge in [0.25, 0.3) is 0 Å². The fraction of sp³-hybridized carbons (Fsp3) is 0.900. The maximum atomic E-state index is 12.2. The summed E-state index contributed by atoms with van der Waals surface area (Å²) >= 11 is 0. The molecule has 4 fully saturated rings. The molecular weight excluding hydrogens is 527 g/mol. The molecule has 4 nitrogen and oxygen atoms in total. The van der Waals surface area contributed by atoms with Crippen LogP contribution in [0.15, 0.2) is 11.6 Å². The third kappa shape index (κ3) is 4.39. The minimum Gasteiger partial charge on any atom is -0.481 e. The number of hydrogen-bond donors (Lipinski definition) is 2. The largest absolute Gasteiger partial charge is 0.481 e. The number of carbonyl (C=O) groups is 1. The lowest BCUT2D eigenvalue weighted by Gasteiger charge is -2.71. The predicted molar refractivity (Wildman–Crippen MR) is 153 cm³/mol. The molecular formula is C30H48Cl2O4S. The lowest BCUT2D eigenvalue weighted by molar-refractivity contribution is -0.203. The van der Waals surface area contributed by atoms with Crippen molar-refractivity contribution in [3.05, 3.63) is 11.6 Å². The first kappa shape index (κ1) is 29.9. The van der Waals surface area contributed by atoms with Crippen LogP contribution in [0.5, 0.6) is 0 Å². The molecule has 4 saturated carbocycles. The van der Waals surface area contributed by atoms with Crippen molar-refractivity contribution in [2.45, 2.75) is 119 Å². The monoisotopic (exact) mass is 574 g/mol. The molecule has 37 heavy (non-hydrogen) atoms. The maximum Gasteiger partial charge on any atom is 0.309 e. The molecule has 0 aromatic carbocycles. The van der Waals surface area contributed by atoms with E-state index >= 15 is 0 Å². The Kier molecular flexibility index (Phi) is 7.66. The number of hydrogen-bond acceptors (Lipinski definition) is 3. The van der Waals surface area contributed by atoms with E-state index in [4.69, 9.17) is 4.21 Å². The van der Waals surface area contributed by atoms with Crippen molar-refractivity contribution in [1.82, 2.24) is 0 Å². The number of fused-ring (bicyclic) bond motifs is 7. The fourth-order valence-corrected chi connectivity index (χ4v) is 10.5. The summed E-state index contributed by atoms with van der Waals surface area (Å²) in [6.07, 6.45) is 13.2. The SMILES string of the molecule is CC1(C)C2CC[C@]3(C)C(CC=C4C5C[C@@](C)(C(=O)O)CC[C@]5(C)CC[C@]43C)[C@@]2(C)CC[C@@H]1O.O=S(Cl)Cl. The summed E-state index contributed by atoms with van der Waals surface area (Å²) in [4.78, 5) is 12.2. The van der Waals surface area contributed by atoms with E-state index < -0.39 is 20.6 Å². The van der Waals surface area contributed by atoms with E-state index in [9.17, 15) is 15.0 Å². The van der Waals surface area contributed by atoms with Gasteiger partial charge in [0.05, 0.1) is 11.5 Å². The molecule has 7 heteroatoms. The van der Waals surface area contributed by atoms with Gasteiger partial charge in [0.1, 0.15) is 0 Å². The van der Waals surface area contributed by atoms with E-state index in [1.807, 2.05) is 6.92 Å². The van der Waals surface area contributed by atoms with Crippen molar-refractivity contribution in [2.24, 2.45) is 50.2 Å². The molecule has 5 aliphatic carbocycles. The molecule has 9 atom stereocenters. The molecule has 0 radical (unpaired) electrons. The zero-order chi connectivity index (χ0) is 27.8. The maximum absolute atomic E-state index is 12.2. The van der Waals surface area contributed by atoms with Crippen LogP contribution < -0.4 is 0 Å². The normalized spacial score (nSPS) is 50.3. The molecule has 0 spiro atoms. The highest BCUT2D eigenvalue weighted by Crippen LogP contribution is 2.75. The van der Waals surface area contributed by atoms with E-state index in [1.54, 1.807) is 5.57 Å². The lowest BCUT2D eigenvalue weighted by Crippen LogP contribution is -2.64. The van der Waals surface area contributed by atoms with Crippen LogP contribution in [0.2, 0.25) is 0 Å². The molecule has 5 rings (SSSR count). The Labute approximate surface area is 235 Å². The summed E-state index contributed by atoms with van der Waals surface area (Å²) in [6, 6.07) is 0. The molecule has 0 heterocycles. The van der Waals surface area contributed by atoms with Gasteiger partial charge in [-0.05, 0) is 116 Å². The number of halogens is 2. The molecule has 0 aromatic rings. The van der Waals surface area contributed by atoms with E-state index in [-0.39, 0.29) is 33.2 Å². The van der Waals surface area contributed by atoms with Crippen LogP contribution in [0.1, 0.15) is 113 Å². The summed E-state index contributed by atoms with van der Waals surface area (Å²) in [7, 11) is 7.36. The first-order chi connectivity index (χ1) is 16.9. The standard InChI is InChI=1S/C30H48O3.Cl2OS/c1-25(2)21-10-13-30(7)22(28(21,5)12-11-23(25)31)9-8-19-20-18-27(4,24(32)33)15-14-26(20,3)16-17-29(19,30)6;1-4(2)3/h8,20-23,31H,9-18H2,1-7H3,(H,32,33);/t20?,21?,22?,23-,26+,27-,28-,29+,30+;/m0./s1. The molecule has 0 saturated heterocycles. The second-order valence-corrected chi connectivity index (χ2v) is 17.7. The number of aliphatic hydroxyl groups is 1. The predicted octanol–water partition coefficient (Wildman–Crippen LogP) is 8.28. The second kappa shape index (κ2) is 9.48. The Morgan fingerprint density at radius 2 is 1.51 bits per heavy atom. The van der Waals surface area contributed by atoms with Crippen LogP contribution in [0.3, 0.4) is 0 Å². The average Bonchev–Trinajstić information content (AvgIpc) is 2.78. The third-order valence-electron chi connectivity index (χ3n) is 13.3. The fourth-order valence-electron chi connectivity index (χ4n) is 10.5. The molecule has 5 aliphatic rings. The van der Waals surface area contributed by atoms with Gasteiger partial charge in [0.2, 0.25) is 9.23 Å². The third-order valence-corrected chi connectivity index (χ3v) is 13.3. The van der Waals surface area contributed by atoms with Crippen LogP contribution in [0.4, 0.5) is 0 Å². The van der Waals surface area contributed by atoms with Gasteiger partial charge in [-0.25, -0.2) is 4.21 Å². The van der Waals surface area contributed by atoms with E-state index in [1.165, 1.54) is 25.7 Å². The zero-order valence-electron chi connectivity index (χ0n) is 23.8. The minimum absolute atomic E-state index is 0.0168. The summed E-state index contributed by atoms with van der Waals surface area (Å²) in [5, 5.41) is 20.9. The summed E-state index contributed by atoms with van der Waals surface area (Å²) in [6.45, 7) is 16.8. The van der Waals surface area contributed by atoms with Crippen LogP contribution in [0, 0.1) is 50.2 Å². The van der Waals surface area contributed by atoms with Crippen molar-refractivity contribution < 1.29 is 19.2 Å². The quantitative estimate of drug-likeness (QED) is 0.244. The molecule has 0 amide bonds. The van der Waals surface area contributed by atoms with Gasteiger partial charge in [-0.3, -0.25) is 4.79 Å². The first-order valence-corrected chi connectivity index (χ1v) is 17.0. The van der Waals surface area contributed by atoms with Gasteiger partial charge >= 0.3 is 5.97 Å². The summed E-state index contributed by atoms with van der Waals surface area (Å²) in [5.74, 6) is 1.01. The number of carboxylic acids is 1. The molecule has 0 bridgehead atoms. The second-order valence-electron chi connectivity index (χ2n) is 15.1. The molecule has 2 N–H and O–H groups in total. The Bertz CT molecular complexity index is 994. The highest BCUT2D eigenvalue weighted by molar-refractivity contribution is 8.26. The molecule has 3 unspecified atom stereocenters. The Morgan fingerprint density at radius 3 is 2.11 bits per heavy atom. The summed E-state index contributed by atoms with van der Waals surface area (Å²) < 4.78 is 9.09. The van der Waals surface area contributed by atoms with Gasteiger partial charge in [-0.1, -0.05) is 53.2 Å². The van der Waals surface area contributed by atoms with Gasteiger partial charge in [-0.15, -0.1) is 0 Å². The van der Waals surface area contributed by atoms with E-state index in [0.29, 0.717) is 17.8 Å². The van der Waals surface area contributed by atoms with Gasteiger partial charge in [0, 0.05) is 21.4 Å². The lowest BCUT2D eigenvalue weighted by atomic mass is 9.33. The van der Waals surface area contributed by atoms with Crippen molar-refractivity contribution in [3.63, 3.8) is 0 Å². The highest BCUT2D eigenvalue weighted by atomic mass is 36.0. The van der Waals surface area contributed by atoms with Gasteiger partial charge in [0.15, 0.2) is 0 Å². The van der Waals surface area contributed by atoms with Crippen molar-refractivity contribution >= 4 is 36.6 Å². The van der Waals surface area contributed by atoms with Crippen LogP contribution in [-0.2, 0) is 14.0 Å². The van der Waals surface area contributed by atoms with Crippen molar-refractivity contribution in [3.8, 4) is 0 Å². The first-order valence-electron chi connectivity index (χ1n) is 14.2. The highest BCUT2D eigenvalue weighted by Gasteiger charge is 2.68. The van der Waals surface area contributed by atoms with Gasteiger partial charge in [-0.2, -0.15) is 0 Å². The minimum atomic E-state index is -1.67. The number of carboxylic acid groups (broad SMARTS) is 1. The van der Waals surface area contributed by atoms with Gasteiger partial charge < -0.3 is 10.2 Å². The van der Waals surface area contributed by atoms with Crippen molar-refractivity contribution in [1.29, 1.82) is 0 Å².